The number of likely N-dealkylation sites (tertiary alicyclic amines) is 2. The van der Waals surface area contributed by atoms with E-state index in [0.29, 0.717) is 18.4 Å². The molecular formula is C17H31N3O3. The summed E-state index contributed by atoms with van der Waals surface area (Å²) in [6.45, 7) is 10.2. The second-order valence-corrected chi connectivity index (χ2v) is 7.89. The van der Waals surface area contributed by atoms with Gasteiger partial charge in [0.15, 0.2) is 0 Å². The maximum Gasteiger partial charge on any atom is 0.410 e. The van der Waals surface area contributed by atoms with Gasteiger partial charge in [0, 0.05) is 39.1 Å². The third-order valence-electron chi connectivity index (χ3n) is 4.96. The fraction of sp³-hybridized carbons (Fsp3) is 0.882. The molecule has 0 spiro atoms. The zero-order valence-electron chi connectivity index (χ0n) is 14.9. The SMILES string of the molecule is CC(=O)N1CCC(C2CCN(C(=O)OC(C)(C)C)CC2)C(N)C1. The van der Waals surface area contributed by atoms with E-state index in [4.69, 9.17) is 10.5 Å². The van der Waals surface area contributed by atoms with Crippen LogP contribution in [0, 0.1) is 11.8 Å². The van der Waals surface area contributed by atoms with Gasteiger partial charge in [-0.15, -0.1) is 0 Å². The molecular weight excluding hydrogens is 294 g/mol. The molecule has 0 aromatic rings. The molecule has 2 amide bonds. The molecule has 132 valence electrons. The van der Waals surface area contributed by atoms with Crippen molar-refractivity contribution < 1.29 is 14.3 Å². The fourth-order valence-corrected chi connectivity index (χ4v) is 3.71. The quantitative estimate of drug-likeness (QED) is 0.798. The van der Waals surface area contributed by atoms with E-state index in [9.17, 15) is 9.59 Å². The molecule has 0 aliphatic carbocycles. The summed E-state index contributed by atoms with van der Waals surface area (Å²) in [5.74, 6) is 1.10. The van der Waals surface area contributed by atoms with E-state index in [1.807, 2.05) is 25.7 Å². The molecule has 0 saturated carbocycles. The topological polar surface area (TPSA) is 75.9 Å². The van der Waals surface area contributed by atoms with Crippen LogP contribution in [0.25, 0.3) is 0 Å². The minimum absolute atomic E-state index is 0.0470. The molecule has 2 fully saturated rings. The van der Waals surface area contributed by atoms with Crippen LogP contribution in [0.4, 0.5) is 4.79 Å². The Morgan fingerprint density at radius 1 is 1.04 bits per heavy atom. The maximum absolute atomic E-state index is 12.1. The summed E-state index contributed by atoms with van der Waals surface area (Å²) in [6.07, 6.45) is 2.69. The average molecular weight is 325 g/mol. The average Bonchev–Trinajstić information content (AvgIpc) is 2.45. The van der Waals surface area contributed by atoms with Crippen LogP contribution in [0.15, 0.2) is 0 Å². The monoisotopic (exact) mass is 325 g/mol. The fourth-order valence-electron chi connectivity index (χ4n) is 3.71. The smallest absolute Gasteiger partial charge is 0.410 e. The molecule has 6 heteroatoms. The molecule has 2 heterocycles. The van der Waals surface area contributed by atoms with Crippen LogP contribution >= 0.6 is 0 Å². The van der Waals surface area contributed by atoms with Crippen LogP contribution in [0.5, 0.6) is 0 Å². The molecule has 2 aliphatic rings. The third kappa shape index (κ3) is 4.83. The molecule has 2 unspecified atom stereocenters. The highest BCUT2D eigenvalue weighted by Crippen LogP contribution is 2.32. The predicted molar refractivity (Wildman–Crippen MR) is 88.9 cm³/mol. The number of carbonyl (C=O) groups excluding carboxylic acids is 2. The Morgan fingerprint density at radius 3 is 2.09 bits per heavy atom. The van der Waals surface area contributed by atoms with Crippen molar-refractivity contribution >= 4 is 12.0 Å². The van der Waals surface area contributed by atoms with E-state index in [-0.39, 0.29) is 18.0 Å². The van der Waals surface area contributed by atoms with Crippen molar-refractivity contribution in [2.75, 3.05) is 26.2 Å². The van der Waals surface area contributed by atoms with Gasteiger partial charge in [-0.25, -0.2) is 4.79 Å². The van der Waals surface area contributed by atoms with E-state index < -0.39 is 5.60 Å². The van der Waals surface area contributed by atoms with Gasteiger partial charge in [0.2, 0.25) is 5.91 Å². The van der Waals surface area contributed by atoms with Crippen molar-refractivity contribution in [3.8, 4) is 0 Å². The first kappa shape index (κ1) is 18.0. The molecule has 0 radical (unpaired) electrons. The highest BCUT2D eigenvalue weighted by molar-refractivity contribution is 5.73. The van der Waals surface area contributed by atoms with E-state index in [0.717, 1.165) is 38.9 Å². The van der Waals surface area contributed by atoms with E-state index in [1.165, 1.54) is 0 Å². The number of hydrogen-bond donors (Lipinski definition) is 1. The lowest BCUT2D eigenvalue weighted by atomic mass is 9.76. The molecule has 2 aliphatic heterocycles. The summed E-state index contributed by atoms with van der Waals surface area (Å²) in [5.41, 5.74) is 5.87. The lowest BCUT2D eigenvalue weighted by Gasteiger charge is -2.43. The number of nitrogens with two attached hydrogens (primary N) is 1. The summed E-state index contributed by atoms with van der Waals surface area (Å²) in [4.78, 5) is 27.2. The van der Waals surface area contributed by atoms with Gasteiger partial charge in [-0.3, -0.25) is 4.79 Å². The zero-order valence-corrected chi connectivity index (χ0v) is 14.9. The third-order valence-corrected chi connectivity index (χ3v) is 4.96. The normalized spacial score (nSPS) is 27.0. The Labute approximate surface area is 139 Å². The van der Waals surface area contributed by atoms with Crippen molar-refractivity contribution in [3.63, 3.8) is 0 Å². The number of carbonyl (C=O) groups is 2. The lowest BCUT2D eigenvalue weighted by molar-refractivity contribution is -0.131. The van der Waals surface area contributed by atoms with Crippen LogP contribution in [0.3, 0.4) is 0 Å². The Kier molecular flexibility index (Phi) is 5.55. The maximum atomic E-state index is 12.1. The molecule has 6 nitrogen and oxygen atoms in total. The van der Waals surface area contributed by atoms with Gasteiger partial charge in [0.1, 0.15) is 5.60 Å². The lowest BCUT2D eigenvalue weighted by Crippen LogP contribution is -2.53. The first-order valence-electron chi connectivity index (χ1n) is 8.66. The van der Waals surface area contributed by atoms with Crippen molar-refractivity contribution in [1.82, 2.24) is 9.80 Å². The minimum Gasteiger partial charge on any atom is -0.444 e. The Bertz CT molecular complexity index is 439. The van der Waals surface area contributed by atoms with Crippen LogP contribution in [0.1, 0.15) is 47.0 Å². The number of amides is 2. The summed E-state index contributed by atoms with van der Waals surface area (Å²) in [7, 11) is 0. The second-order valence-electron chi connectivity index (χ2n) is 7.89. The van der Waals surface area contributed by atoms with E-state index in [1.54, 1.807) is 11.8 Å². The number of hydrogen-bond acceptors (Lipinski definition) is 4. The van der Waals surface area contributed by atoms with Gasteiger partial charge in [-0.2, -0.15) is 0 Å². The van der Waals surface area contributed by atoms with Crippen molar-refractivity contribution in [2.24, 2.45) is 17.6 Å². The number of rotatable bonds is 1. The van der Waals surface area contributed by atoms with Crippen LogP contribution in [-0.2, 0) is 9.53 Å². The molecule has 0 aromatic carbocycles. The molecule has 2 atom stereocenters. The molecule has 2 rings (SSSR count). The van der Waals surface area contributed by atoms with Gasteiger partial charge < -0.3 is 20.3 Å². The van der Waals surface area contributed by atoms with Gasteiger partial charge in [0.05, 0.1) is 0 Å². The Morgan fingerprint density at radius 2 is 1.61 bits per heavy atom. The molecule has 23 heavy (non-hydrogen) atoms. The minimum atomic E-state index is -0.449. The first-order chi connectivity index (χ1) is 10.7. The number of ether oxygens (including phenoxy) is 1. The standard InChI is InChI=1S/C17H31N3O3/c1-12(21)20-10-7-14(15(18)11-20)13-5-8-19(9-6-13)16(22)23-17(2,3)4/h13-15H,5-11,18H2,1-4H3. The van der Waals surface area contributed by atoms with Crippen LogP contribution < -0.4 is 5.73 Å². The summed E-state index contributed by atoms with van der Waals surface area (Å²) < 4.78 is 5.44. The Balaban J connectivity index is 1.83. The molecule has 0 bridgehead atoms. The van der Waals surface area contributed by atoms with Gasteiger partial charge in [-0.05, 0) is 51.9 Å². The Hall–Kier alpha value is -1.30. The van der Waals surface area contributed by atoms with Gasteiger partial charge in [-0.1, -0.05) is 0 Å². The molecule has 2 N–H and O–H groups in total. The summed E-state index contributed by atoms with van der Waals surface area (Å²) in [5, 5.41) is 0. The van der Waals surface area contributed by atoms with Crippen molar-refractivity contribution in [2.45, 2.75) is 58.6 Å². The molecule has 2 saturated heterocycles. The number of piperidine rings is 2. The van der Waals surface area contributed by atoms with Crippen LogP contribution in [-0.4, -0.2) is 59.6 Å². The first-order valence-corrected chi connectivity index (χ1v) is 8.66. The predicted octanol–water partition coefficient (Wildman–Crippen LogP) is 1.83. The highest BCUT2D eigenvalue weighted by atomic mass is 16.6. The van der Waals surface area contributed by atoms with Crippen molar-refractivity contribution in [1.29, 1.82) is 0 Å². The number of nitrogens with zero attached hydrogens (tertiary/aromatic N) is 2. The highest BCUT2D eigenvalue weighted by Gasteiger charge is 2.36. The zero-order chi connectivity index (χ0) is 17.2. The van der Waals surface area contributed by atoms with E-state index in [2.05, 4.69) is 0 Å². The second kappa shape index (κ2) is 7.07. The largest absolute Gasteiger partial charge is 0.444 e. The van der Waals surface area contributed by atoms with Gasteiger partial charge in [0.25, 0.3) is 0 Å². The summed E-state index contributed by atoms with van der Waals surface area (Å²) in [6, 6.07) is 0.0470. The van der Waals surface area contributed by atoms with Crippen LogP contribution in [0.2, 0.25) is 0 Å². The summed E-state index contributed by atoms with van der Waals surface area (Å²) >= 11 is 0. The molecule has 0 aromatic heterocycles. The van der Waals surface area contributed by atoms with E-state index >= 15 is 0 Å². The van der Waals surface area contributed by atoms with Gasteiger partial charge >= 0.3 is 6.09 Å². The van der Waals surface area contributed by atoms with Crippen molar-refractivity contribution in [3.05, 3.63) is 0 Å².